The number of halogens is 1. The summed E-state index contributed by atoms with van der Waals surface area (Å²) in [4.78, 5) is 4.52. The second-order valence-corrected chi connectivity index (χ2v) is 7.47. The Bertz CT molecular complexity index is 524. The standard InChI is InChI=1S/C15H19IN2S/c1-3-6-17-14(12-8-15(16)19-10-12)9-13-11(2)5-4-7-18-13/h4-5,7-8,10,14,17H,3,6,9H2,1-2H3. The number of rotatable bonds is 6. The van der Waals surface area contributed by atoms with Crippen LogP contribution in [-0.2, 0) is 6.42 Å². The third-order valence-electron chi connectivity index (χ3n) is 3.15. The minimum Gasteiger partial charge on any atom is -0.310 e. The molecule has 102 valence electrons. The fraction of sp³-hybridized carbons (Fsp3) is 0.400. The van der Waals surface area contributed by atoms with Crippen LogP contribution in [0.1, 0.15) is 36.2 Å². The van der Waals surface area contributed by atoms with Gasteiger partial charge in [-0.2, -0.15) is 0 Å². The number of hydrogen-bond donors (Lipinski definition) is 1. The summed E-state index contributed by atoms with van der Waals surface area (Å²) in [6, 6.07) is 6.78. The first-order chi connectivity index (χ1) is 9.20. The number of pyridine rings is 1. The van der Waals surface area contributed by atoms with Gasteiger partial charge in [0.05, 0.1) is 2.88 Å². The average molecular weight is 386 g/mol. The maximum Gasteiger partial charge on any atom is 0.0656 e. The van der Waals surface area contributed by atoms with Gasteiger partial charge < -0.3 is 5.32 Å². The highest BCUT2D eigenvalue weighted by molar-refractivity contribution is 14.1. The molecule has 1 unspecified atom stereocenters. The van der Waals surface area contributed by atoms with E-state index in [-0.39, 0.29) is 0 Å². The van der Waals surface area contributed by atoms with Crippen molar-refractivity contribution in [1.29, 1.82) is 0 Å². The van der Waals surface area contributed by atoms with Crippen LogP contribution in [0.25, 0.3) is 0 Å². The second kappa shape index (κ2) is 7.36. The van der Waals surface area contributed by atoms with E-state index in [1.165, 1.54) is 19.7 Å². The van der Waals surface area contributed by atoms with Crippen LogP contribution in [0.3, 0.4) is 0 Å². The van der Waals surface area contributed by atoms with E-state index in [1.54, 1.807) is 0 Å². The van der Waals surface area contributed by atoms with Crippen molar-refractivity contribution < 1.29 is 0 Å². The number of aromatic nitrogens is 1. The Morgan fingerprint density at radius 1 is 1.47 bits per heavy atom. The second-order valence-electron chi connectivity index (χ2n) is 4.66. The minimum absolute atomic E-state index is 0.369. The molecular weight excluding hydrogens is 367 g/mol. The molecule has 0 saturated carbocycles. The van der Waals surface area contributed by atoms with Gasteiger partial charge in [0.1, 0.15) is 0 Å². The zero-order chi connectivity index (χ0) is 13.7. The van der Waals surface area contributed by atoms with Crippen molar-refractivity contribution in [2.75, 3.05) is 6.54 Å². The highest BCUT2D eigenvalue weighted by Gasteiger charge is 2.14. The molecule has 0 aliphatic heterocycles. The molecular formula is C15H19IN2S. The van der Waals surface area contributed by atoms with Crippen LogP contribution >= 0.6 is 33.9 Å². The molecule has 0 aromatic carbocycles. The fourth-order valence-corrected chi connectivity index (χ4v) is 3.48. The Morgan fingerprint density at radius 2 is 2.32 bits per heavy atom. The molecule has 4 heteroatoms. The van der Waals surface area contributed by atoms with Gasteiger partial charge in [-0.3, -0.25) is 4.98 Å². The molecule has 2 rings (SSSR count). The Kier molecular flexibility index (Phi) is 5.78. The molecule has 2 aromatic rings. The van der Waals surface area contributed by atoms with E-state index >= 15 is 0 Å². The zero-order valence-corrected chi connectivity index (χ0v) is 14.3. The highest BCUT2D eigenvalue weighted by atomic mass is 127. The normalized spacial score (nSPS) is 12.6. The Morgan fingerprint density at radius 3 is 2.95 bits per heavy atom. The molecule has 1 atom stereocenters. The van der Waals surface area contributed by atoms with Gasteiger partial charge in [-0.05, 0) is 71.1 Å². The lowest BCUT2D eigenvalue weighted by molar-refractivity contribution is 0.524. The van der Waals surface area contributed by atoms with Gasteiger partial charge in [0.25, 0.3) is 0 Å². The first kappa shape index (κ1) is 14.9. The third kappa shape index (κ3) is 4.26. The smallest absolute Gasteiger partial charge is 0.0656 e. The summed E-state index contributed by atoms with van der Waals surface area (Å²) < 4.78 is 1.34. The van der Waals surface area contributed by atoms with E-state index in [1.807, 2.05) is 23.6 Å². The van der Waals surface area contributed by atoms with Crippen molar-refractivity contribution in [2.45, 2.75) is 32.7 Å². The Balaban J connectivity index is 2.16. The van der Waals surface area contributed by atoms with Crippen LogP contribution < -0.4 is 5.32 Å². The summed E-state index contributed by atoms with van der Waals surface area (Å²) in [6.07, 6.45) is 4.00. The van der Waals surface area contributed by atoms with Gasteiger partial charge in [-0.25, -0.2) is 0 Å². The molecule has 0 amide bonds. The lowest BCUT2D eigenvalue weighted by atomic mass is 10.0. The number of aryl methyl sites for hydroxylation is 1. The van der Waals surface area contributed by atoms with Gasteiger partial charge in [-0.15, -0.1) is 11.3 Å². The first-order valence-corrected chi connectivity index (χ1v) is 8.54. The summed E-state index contributed by atoms with van der Waals surface area (Å²) >= 11 is 4.19. The van der Waals surface area contributed by atoms with Crippen molar-refractivity contribution in [3.8, 4) is 0 Å². The minimum atomic E-state index is 0.369. The van der Waals surface area contributed by atoms with Crippen molar-refractivity contribution in [3.05, 3.63) is 49.5 Å². The van der Waals surface area contributed by atoms with Gasteiger partial charge in [-0.1, -0.05) is 13.0 Å². The van der Waals surface area contributed by atoms with Gasteiger partial charge in [0, 0.05) is 24.4 Å². The summed E-state index contributed by atoms with van der Waals surface area (Å²) in [5.41, 5.74) is 3.85. The molecule has 0 aliphatic rings. The number of nitrogens with zero attached hydrogens (tertiary/aromatic N) is 1. The SMILES string of the molecule is CCCNC(Cc1ncccc1C)c1csc(I)c1. The van der Waals surface area contributed by atoms with E-state index in [0.29, 0.717) is 6.04 Å². The third-order valence-corrected chi connectivity index (χ3v) is 4.95. The van der Waals surface area contributed by atoms with Crippen LogP contribution in [0.2, 0.25) is 0 Å². The lowest BCUT2D eigenvalue weighted by Gasteiger charge is -2.18. The molecule has 2 heterocycles. The maximum atomic E-state index is 4.52. The molecule has 2 nitrogen and oxygen atoms in total. The quantitative estimate of drug-likeness (QED) is 0.748. The topological polar surface area (TPSA) is 24.9 Å². The van der Waals surface area contributed by atoms with Crippen LogP contribution in [-0.4, -0.2) is 11.5 Å². The molecule has 0 spiro atoms. The molecule has 0 fully saturated rings. The van der Waals surface area contributed by atoms with Crippen molar-refractivity contribution in [3.63, 3.8) is 0 Å². The van der Waals surface area contributed by atoms with Crippen molar-refractivity contribution in [2.24, 2.45) is 0 Å². The number of thiophene rings is 1. The Hall–Kier alpha value is -0.460. The van der Waals surface area contributed by atoms with E-state index < -0.39 is 0 Å². The summed E-state index contributed by atoms with van der Waals surface area (Å²) in [6.45, 7) is 5.38. The van der Waals surface area contributed by atoms with Crippen molar-refractivity contribution >= 4 is 33.9 Å². The van der Waals surface area contributed by atoms with E-state index in [9.17, 15) is 0 Å². The highest BCUT2D eigenvalue weighted by Crippen LogP contribution is 2.25. The van der Waals surface area contributed by atoms with E-state index in [0.717, 1.165) is 19.4 Å². The molecule has 0 radical (unpaired) electrons. The molecule has 1 N–H and O–H groups in total. The van der Waals surface area contributed by atoms with Crippen LogP contribution in [0.15, 0.2) is 29.8 Å². The number of hydrogen-bond acceptors (Lipinski definition) is 3. The largest absolute Gasteiger partial charge is 0.310 e. The molecule has 19 heavy (non-hydrogen) atoms. The summed E-state index contributed by atoms with van der Waals surface area (Å²) in [7, 11) is 0. The van der Waals surface area contributed by atoms with Gasteiger partial charge in [0.15, 0.2) is 0 Å². The van der Waals surface area contributed by atoms with Crippen LogP contribution in [0, 0.1) is 9.81 Å². The zero-order valence-electron chi connectivity index (χ0n) is 11.3. The van der Waals surface area contributed by atoms with E-state index in [2.05, 4.69) is 64.3 Å². The monoisotopic (exact) mass is 386 g/mol. The summed E-state index contributed by atoms with van der Waals surface area (Å²) in [5.74, 6) is 0. The predicted molar refractivity (Wildman–Crippen MR) is 90.7 cm³/mol. The number of nitrogens with one attached hydrogen (secondary N) is 1. The summed E-state index contributed by atoms with van der Waals surface area (Å²) in [5, 5.41) is 5.90. The van der Waals surface area contributed by atoms with Crippen molar-refractivity contribution in [1.82, 2.24) is 10.3 Å². The molecule has 0 saturated heterocycles. The molecule has 2 aromatic heterocycles. The van der Waals surface area contributed by atoms with Gasteiger partial charge >= 0.3 is 0 Å². The van der Waals surface area contributed by atoms with Crippen LogP contribution in [0.5, 0.6) is 0 Å². The van der Waals surface area contributed by atoms with E-state index in [4.69, 9.17) is 0 Å². The fourth-order valence-electron chi connectivity index (χ4n) is 2.06. The Labute approximate surface area is 132 Å². The first-order valence-electron chi connectivity index (χ1n) is 6.58. The molecule has 0 aliphatic carbocycles. The molecule has 0 bridgehead atoms. The predicted octanol–water partition coefficient (Wildman–Crippen LogP) is 4.34. The maximum absolute atomic E-state index is 4.52. The van der Waals surface area contributed by atoms with Gasteiger partial charge in [0.2, 0.25) is 0 Å². The lowest BCUT2D eigenvalue weighted by Crippen LogP contribution is -2.24. The van der Waals surface area contributed by atoms with Crippen LogP contribution in [0.4, 0.5) is 0 Å². The average Bonchev–Trinajstić information content (AvgIpc) is 2.83.